The summed E-state index contributed by atoms with van der Waals surface area (Å²) in [4.78, 5) is 36.1. The van der Waals surface area contributed by atoms with Crippen molar-refractivity contribution in [2.24, 2.45) is 5.10 Å². The Morgan fingerprint density at radius 1 is 1.23 bits per heavy atom. The summed E-state index contributed by atoms with van der Waals surface area (Å²) in [5, 5.41) is 20.1. The zero-order valence-electron chi connectivity index (χ0n) is 17.4. The first-order valence-electron chi connectivity index (χ1n) is 10.0. The molecule has 3 aromatic rings. The van der Waals surface area contributed by atoms with Gasteiger partial charge in [-0.3, -0.25) is 19.7 Å². The van der Waals surface area contributed by atoms with Crippen molar-refractivity contribution < 1.29 is 9.72 Å². The minimum atomic E-state index is -0.571. The summed E-state index contributed by atoms with van der Waals surface area (Å²) >= 11 is 0. The van der Waals surface area contributed by atoms with Crippen molar-refractivity contribution in [1.82, 2.24) is 15.2 Å². The van der Waals surface area contributed by atoms with Gasteiger partial charge < -0.3 is 0 Å². The number of fused-ring (bicyclic) bond motifs is 1. The van der Waals surface area contributed by atoms with Crippen LogP contribution >= 0.6 is 0 Å². The predicted octanol–water partition coefficient (Wildman–Crippen LogP) is 3.57. The minimum Gasteiger partial charge on any atom is -0.267 e. The van der Waals surface area contributed by atoms with Crippen LogP contribution in [0.25, 0.3) is 10.8 Å². The summed E-state index contributed by atoms with van der Waals surface area (Å²) in [6.45, 7) is 4.14. The molecule has 0 aliphatic carbocycles. The number of nitro benzene ring substituents is 1. The summed E-state index contributed by atoms with van der Waals surface area (Å²) in [6, 6.07) is 11.5. The highest BCUT2D eigenvalue weighted by Gasteiger charge is 2.16. The van der Waals surface area contributed by atoms with Crippen LogP contribution < -0.4 is 11.0 Å². The molecule has 0 aliphatic rings. The highest BCUT2D eigenvalue weighted by atomic mass is 16.6. The number of amides is 1. The van der Waals surface area contributed by atoms with Crippen LogP contribution in [0.5, 0.6) is 0 Å². The van der Waals surface area contributed by atoms with Gasteiger partial charge >= 0.3 is 0 Å². The molecule has 0 fully saturated rings. The van der Waals surface area contributed by atoms with E-state index in [1.54, 1.807) is 43.3 Å². The Labute approximate surface area is 178 Å². The van der Waals surface area contributed by atoms with Crippen molar-refractivity contribution in [3.05, 3.63) is 79.8 Å². The first-order chi connectivity index (χ1) is 14.9. The van der Waals surface area contributed by atoms with Crippen LogP contribution in [0.2, 0.25) is 0 Å². The lowest BCUT2D eigenvalue weighted by Crippen LogP contribution is -2.29. The van der Waals surface area contributed by atoms with E-state index < -0.39 is 10.8 Å². The quantitative estimate of drug-likeness (QED) is 0.258. The molecule has 0 aliphatic heterocycles. The normalized spacial score (nSPS) is 11.2. The van der Waals surface area contributed by atoms with Gasteiger partial charge in [-0.25, -0.2) is 10.1 Å². The molecule has 160 valence electrons. The number of hydrazone groups is 1. The van der Waals surface area contributed by atoms with Crippen molar-refractivity contribution >= 4 is 28.6 Å². The van der Waals surface area contributed by atoms with Gasteiger partial charge in [-0.2, -0.15) is 10.2 Å². The summed E-state index contributed by atoms with van der Waals surface area (Å²) in [6.07, 6.45) is 4.06. The average Bonchev–Trinajstić information content (AvgIpc) is 2.76. The summed E-state index contributed by atoms with van der Waals surface area (Å²) < 4.78 is 1.32. The van der Waals surface area contributed by atoms with Crippen molar-refractivity contribution in [3.63, 3.8) is 0 Å². The lowest BCUT2D eigenvalue weighted by molar-refractivity contribution is -0.385. The summed E-state index contributed by atoms with van der Waals surface area (Å²) in [5.74, 6) is -0.571. The van der Waals surface area contributed by atoms with Gasteiger partial charge in [0.05, 0.1) is 16.5 Å². The maximum atomic E-state index is 12.8. The van der Waals surface area contributed by atoms with E-state index in [0.29, 0.717) is 28.4 Å². The van der Waals surface area contributed by atoms with Crippen LogP contribution in [0.4, 0.5) is 5.69 Å². The Morgan fingerprint density at radius 3 is 2.68 bits per heavy atom. The number of aromatic nitrogens is 2. The van der Waals surface area contributed by atoms with Crippen LogP contribution in [0.3, 0.4) is 0 Å². The number of benzene rings is 2. The molecule has 9 heteroatoms. The average molecular weight is 421 g/mol. The Bertz CT molecular complexity index is 1220. The molecular weight excluding hydrogens is 398 g/mol. The number of hydrogen-bond acceptors (Lipinski definition) is 6. The standard InChI is InChI=1S/C22H23N5O4/c1-3-4-7-12-26-22(29)18-9-6-5-8-17(18)20(25-26)21(28)24-23-14-16-11-10-15(2)19(13-16)27(30)31/h5-6,8-11,13-14H,3-4,7,12H2,1-2H3,(H,24,28)/b23-14-. The third-order valence-electron chi connectivity index (χ3n) is 4.87. The van der Waals surface area contributed by atoms with Gasteiger partial charge in [-0.1, -0.05) is 50.1 Å². The number of unbranched alkanes of at least 4 members (excludes halogenated alkanes) is 2. The number of rotatable bonds is 8. The van der Waals surface area contributed by atoms with Crippen molar-refractivity contribution in [2.45, 2.75) is 39.7 Å². The smallest absolute Gasteiger partial charge is 0.267 e. The number of nitrogens with zero attached hydrogens (tertiary/aromatic N) is 4. The Morgan fingerprint density at radius 2 is 1.97 bits per heavy atom. The zero-order valence-corrected chi connectivity index (χ0v) is 17.4. The topological polar surface area (TPSA) is 119 Å². The molecular formula is C22H23N5O4. The van der Waals surface area contributed by atoms with Gasteiger partial charge in [-0.15, -0.1) is 0 Å². The Balaban J connectivity index is 1.87. The molecule has 31 heavy (non-hydrogen) atoms. The van der Waals surface area contributed by atoms with E-state index in [4.69, 9.17) is 0 Å². The van der Waals surface area contributed by atoms with E-state index in [1.165, 1.54) is 17.0 Å². The van der Waals surface area contributed by atoms with Crippen LogP contribution in [0.1, 0.15) is 47.8 Å². The maximum absolute atomic E-state index is 12.8. The van der Waals surface area contributed by atoms with E-state index >= 15 is 0 Å². The van der Waals surface area contributed by atoms with Gasteiger partial charge in [0.15, 0.2) is 5.69 Å². The van der Waals surface area contributed by atoms with E-state index in [0.717, 1.165) is 19.3 Å². The summed E-state index contributed by atoms with van der Waals surface area (Å²) in [5.41, 5.74) is 3.24. The zero-order chi connectivity index (χ0) is 22.4. The second-order valence-electron chi connectivity index (χ2n) is 7.13. The van der Waals surface area contributed by atoms with Crippen LogP contribution in [0.15, 0.2) is 52.4 Å². The van der Waals surface area contributed by atoms with Crippen LogP contribution in [0, 0.1) is 17.0 Å². The minimum absolute atomic E-state index is 0.0258. The maximum Gasteiger partial charge on any atom is 0.292 e. The molecule has 3 rings (SSSR count). The molecule has 0 bridgehead atoms. The number of carbonyl (C=O) groups excluding carboxylic acids is 1. The Kier molecular flexibility index (Phi) is 6.86. The fraction of sp³-hybridized carbons (Fsp3) is 0.273. The second kappa shape index (κ2) is 9.75. The van der Waals surface area contributed by atoms with Gasteiger partial charge in [0, 0.05) is 29.1 Å². The molecule has 0 spiro atoms. The molecule has 1 aromatic heterocycles. The van der Waals surface area contributed by atoms with E-state index in [-0.39, 0.29) is 16.9 Å². The van der Waals surface area contributed by atoms with E-state index in [2.05, 4.69) is 22.5 Å². The van der Waals surface area contributed by atoms with Crippen molar-refractivity contribution in [3.8, 4) is 0 Å². The second-order valence-corrected chi connectivity index (χ2v) is 7.13. The monoisotopic (exact) mass is 421 g/mol. The molecule has 0 unspecified atom stereocenters. The third-order valence-corrected chi connectivity index (χ3v) is 4.87. The van der Waals surface area contributed by atoms with Crippen LogP contribution in [-0.2, 0) is 6.54 Å². The van der Waals surface area contributed by atoms with Gasteiger partial charge in [-0.05, 0) is 19.4 Å². The lowest BCUT2D eigenvalue weighted by atomic mass is 10.1. The lowest BCUT2D eigenvalue weighted by Gasteiger charge is -2.10. The van der Waals surface area contributed by atoms with Gasteiger partial charge in [0.25, 0.3) is 17.2 Å². The predicted molar refractivity (Wildman–Crippen MR) is 118 cm³/mol. The van der Waals surface area contributed by atoms with Crippen molar-refractivity contribution in [1.29, 1.82) is 0 Å². The van der Waals surface area contributed by atoms with Gasteiger partial charge in [0.2, 0.25) is 0 Å². The van der Waals surface area contributed by atoms with Crippen molar-refractivity contribution in [2.75, 3.05) is 0 Å². The van der Waals surface area contributed by atoms with E-state index in [9.17, 15) is 19.7 Å². The highest BCUT2D eigenvalue weighted by Crippen LogP contribution is 2.18. The SMILES string of the molecule is CCCCCn1nc(C(=O)N/N=C\c2ccc(C)c([N+](=O)[O-])c2)c2ccccc2c1=O. The molecule has 0 saturated carbocycles. The first-order valence-corrected chi connectivity index (χ1v) is 10.0. The fourth-order valence-corrected chi connectivity index (χ4v) is 3.19. The number of hydrogen-bond donors (Lipinski definition) is 1. The summed E-state index contributed by atoms with van der Waals surface area (Å²) in [7, 11) is 0. The number of nitro groups is 1. The highest BCUT2D eigenvalue weighted by molar-refractivity contribution is 6.05. The molecule has 0 atom stereocenters. The fourth-order valence-electron chi connectivity index (χ4n) is 3.19. The number of nitrogens with one attached hydrogen (secondary N) is 1. The molecule has 9 nitrogen and oxygen atoms in total. The molecule has 1 heterocycles. The molecule has 1 amide bonds. The molecule has 1 N–H and O–H groups in total. The number of carbonyl (C=O) groups is 1. The molecule has 0 saturated heterocycles. The van der Waals surface area contributed by atoms with E-state index in [1.807, 2.05) is 0 Å². The Hall–Kier alpha value is -3.88. The van der Waals surface area contributed by atoms with Crippen LogP contribution in [-0.4, -0.2) is 26.8 Å². The van der Waals surface area contributed by atoms with Gasteiger partial charge in [0.1, 0.15) is 0 Å². The molecule has 0 radical (unpaired) electrons. The largest absolute Gasteiger partial charge is 0.292 e. The molecule has 2 aromatic carbocycles. The first kappa shape index (κ1) is 21.8. The third kappa shape index (κ3) is 5.00. The number of aryl methyl sites for hydroxylation is 2.